The van der Waals surface area contributed by atoms with Crippen molar-refractivity contribution in [2.45, 2.75) is 32.1 Å². The van der Waals surface area contributed by atoms with Crippen molar-refractivity contribution in [3.63, 3.8) is 0 Å². The van der Waals surface area contributed by atoms with Crippen LogP contribution in [0.1, 0.15) is 54.4 Å². The molecule has 2 aliphatic rings. The number of fused-ring (bicyclic) bond motifs is 2. The van der Waals surface area contributed by atoms with Crippen molar-refractivity contribution in [1.29, 1.82) is 0 Å². The monoisotopic (exact) mass is 492 g/mol. The van der Waals surface area contributed by atoms with E-state index in [-0.39, 0.29) is 11.8 Å². The maximum atomic E-state index is 7.04. The number of hydrogen-bond donors (Lipinski definition) is 0. The summed E-state index contributed by atoms with van der Waals surface area (Å²) in [6.45, 7) is 4.39. The summed E-state index contributed by atoms with van der Waals surface area (Å²) in [7, 11) is 0. The predicted octanol–water partition coefficient (Wildman–Crippen LogP) is 10.2. The molecule has 4 aromatic rings. The fourth-order valence-electron chi connectivity index (χ4n) is 5.94. The van der Waals surface area contributed by atoms with Crippen LogP contribution in [-0.4, -0.2) is 0 Å². The average molecular weight is 493 g/mol. The molecule has 172 valence electrons. The molecule has 0 aliphatic heterocycles. The third-order valence-electron chi connectivity index (χ3n) is 7.76. The van der Waals surface area contributed by atoms with Gasteiger partial charge in [0, 0.05) is 33.0 Å². The molecule has 0 saturated heterocycles. The first-order valence-corrected chi connectivity index (χ1v) is 12.9. The second kappa shape index (κ2) is 8.86. The standard InChI is InChI=1S/C33H26Cl2/c1-20-28(26-17-9-15-24(30(26)32(20)34)22-11-5-3-6-12-22)19-29-21(2)33(35)31-25(16-10-18-27(29)31)23-13-7-4-8-14-23/h3-18,28-29H,19H2,1-2H3. The number of hydrogen-bond acceptors (Lipinski definition) is 0. The lowest BCUT2D eigenvalue weighted by atomic mass is 9.81. The predicted molar refractivity (Wildman–Crippen MR) is 151 cm³/mol. The van der Waals surface area contributed by atoms with Crippen molar-refractivity contribution in [2.24, 2.45) is 0 Å². The summed E-state index contributed by atoms with van der Waals surface area (Å²) in [6, 6.07) is 34.3. The molecule has 0 bridgehead atoms. The van der Waals surface area contributed by atoms with Gasteiger partial charge in [-0.1, -0.05) is 120 Å². The Morgan fingerprint density at radius 1 is 0.514 bits per heavy atom. The second-order valence-electron chi connectivity index (χ2n) is 9.61. The van der Waals surface area contributed by atoms with Crippen LogP contribution in [0.25, 0.3) is 32.3 Å². The lowest BCUT2D eigenvalue weighted by molar-refractivity contribution is 0.642. The lowest BCUT2D eigenvalue weighted by Gasteiger charge is -2.22. The number of allylic oxidation sites excluding steroid dienone is 2. The molecule has 0 nitrogen and oxygen atoms in total. The summed E-state index contributed by atoms with van der Waals surface area (Å²) < 4.78 is 0. The van der Waals surface area contributed by atoms with E-state index in [0.29, 0.717) is 0 Å². The van der Waals surface area contributed by atoms with Gasteiger partial charge < -0.3 is 0 Å². The minimum atomic E-state index is 0.261. The zero-order valence-electron chi connectivity index (χ0n) is 19.9. The van der Waals surface area contributed by atoms with Crippen molar-refractivity contribution < 1.29 is 0 Å². The van der Waals surface area contributed by atoms with Crippen molar-refractivity contribution in [1.82, 2.24) is 0 Å². The van der Waals surface area contributed by atoms with Gasteiger partial charge in [0.15, 0.2) is 0 Å². The van der Waals surface area contributed by atoms with E-state index < -0.39 is 0 Å². The maximum Gasteiger partial charge on any atom is 0.0483 e. The molecule has 0 saturated carbocycles. The van der Waals surface area contributed by atoms with Gasteiger partial charge in [0.1, 0.15) is 0 Å². The molecule has 6 rings (SSSR count). The molecule has 0 aromatic heterocycles. The summed E-state index contributed by atoms with van der Waals surface area (Å²) >= 11 is 14.1. The van der Waals surface area contributed by atoms with Gasteiger partial charge in [-0.05, 0) is 64.8 Å². The summed E-state index contributed by atoms with van der Waals surface area (Å²) in [5, 5.41) is 1.79. The zero-order valence-corrected chi connectivity index (χ0v) is 21.4. The van der Waals surface area contributed by atoms with E-state index in [1.807, 2.05) is 0 Å². The Bertz CT molecular complexity index is 1380. The summed E-state index contributed by atoms with van der Waals surface area (Å²) in [4.78, 5) is 0. The fraction of sp³-hybridized carbons (Fsp3) is 0.152. The van der Waals surface area contributed by atoms with Gasteiger partial charge in [-0.15, -0.1) is 0 Å². The molecule has 0 radical (unpaired) electrons. The van der Waals surface area contributed by atoms with Crippen LogP contribution in [0.4, 0.5) is 0 Å². The summed E-state index contributed by atoms with van der Waals surface area (Å²) in [5.41, 5.74) is 12.3. The van der Waals surface area contributed by atoms with E-state index in [2.05, 4.69) is 111 Å². The quantitative estimate of drug-likeness (QED) is 0.265. The van der Waals surface area contributed by atoms with Crippen LogP contribution in [0, 0.1) is 0 Å². The topological polar surface area (TPSA) is 0 Å². The molecular formula is C33H26Cl2. The highest BCUT2D eigenvalue weighted by Crippen LogP contribution is 2.55. The Morgan fingerprint density at radius 3 is 1.31 bits per heavy atom. The SMILES string of the molecule is CC1=C(Cl)c2c(-c3ccccc3)cccc2C1CC1C(C)=C(Cl)c2c(-c3ccccc3)cccc21. The Morgan fingerprint density at radius 2 is 0.914 bits per heavy atom. The molecule has 0 N–H and O–H groups in total. The van der Waals surface area contributed by atoms with Gasteiger partial charge >= 0.3 is 0 Å². The molecule has 0 heterocycles. The largest absolute Gasteiger partial charge is 0.0837 e. The Balaban J connectivity index is 1.43. The van der Waals surface area contributed by atoms with Crippen LogP contribution in [0.3, 0.4) is 0 Å². The van der Waals surface area contributed by atoms with Crippen LogP contribution in [0.15, 0.2) is 108 Å². The highest BCUT2D eigenvalue weighted by Gasteiger charge is 2.36. The summed E-state index contributed by atoms with van der Waals surface area (Å²) in [5.74, 6) is 0.522. The van der Waals surface area contributed by atoms with E-state index in [4.69, 9.17) is 23.2 Å². The molecule has 2 unspecified atom stereocenters. The normalized spacial score (nSPS) is 18.7. The smallest absolute Gasteiger partial charge is 0.0483 e. The first-order valence-electron chi connectivity index (χ1n) is 12.2. The highest BCUT2D eigenvalue weighted by atomic mass is 35.5. The van der Waals surface area contributed by atoms with Crippen molar-refractivity contribution >= 4 is 33.3 Å². The zero-order chi connectivity index (χ0) is 24.1. The van der Waals surface area contributed by atoms with Gasteiger partial charge in [-0.2, -0.15) is 0 Å². The van der Waals surface area contributed by atoms with Crippen LogP contribution >= 0.6 is 23.2 Å². The van der Waals surface area contributed by atoms with Gasteiger partial charge in [0.05, 0.1) is 0 Å². The molecule has 2 atom stereocenters. The highest BCUT2D eigenvalue weighted by molar-refractivity contribution is 6.51. The first kappa shape index (κ1) is 22.4. The number of halogens is 2. The molecule has 0 spiro atoms. The molecule has 4 aromatic carbocycles. The molecule has 35 heavy (non-hydrogen) atoms. The van der Waals surface area contributed by atoms with E-state index >= 15 is 0 Å². The average Bonchev–Trinajstić information content (AvgIpc) is 3.30. The molecule has 2 heteroatoms. The third kappa shape index (κ3) is 3.59. The molecule has 0 fully saturated rings. The van der Waals surface area contributed by atoms with Crippen LogP contribution in [-0.2, 0) is 0 Å². The van der Waals surface area contributed by atoms with Gasteiger partial charge in [-0.3, -0.25) is 0 Å². The van der Waals surface area contributed by atoms with Gasteiger partial charge in [0.25, 0.3) is 0 Å². The maximum absolute atomic E-state index is 7.04. The van der Waals surface area contributed by atoms with E-state index in [9.17, 15) is 0 Å². The molecular weight excluding hydrogens is 467 g/mol. The van der Waals surface area contributed by atoms with Gasteiger partial charge in [0.2, 0.25) is 0 Å². The van der Waals surface area contributed by atoms with Crippen LogP contribution < -0.4 is 0 Å². The van der Waals surface area contributed by atoms with Gasteiger partial charge in [-0.25, -0.2) is 0 Å². The van der Waals surface area contributed by atoms with Crippen LogP contribution in [0.5, 0.6) is 0 Å². The van der Waals surface area contributed by atoms with E-state index in [1.165, 1.54) is 55.7 Å². The first-order chi connectivity index (χ1) is 17.1. The fourth-order valence-corrected chi connectivity index (χ4v) is 6.62. The van der Waals surface area contributed by atoms with E-state index in [0.717, 1.165) is 16.5 Å². The second-order valence-corrected chi connectivity index (χ2v) is 10.4. The lowest BCUT2D eigenvalue weighted by Crippen LogP contribution is -2.06. The minimum absolute atomic E-state index is 0.261. The van der Waals surface area contributed by atoms with E-state index in [1.54, 1.807) is 0 Å². The Labute approximate surface area is 217 Å². The van der Waals surface area contributed by atoms with Crippen molar-refractivity contribution in [2.75, 3.05) is 0 Å². The number of rotatable bonds is 4. The minimum Gasteiger partial charge on any atom is -0.0837 e. The van der Waals surface area contributed by atoms with Crippen molar-refractivity contribution in [3.05, 3.63) is 130 Å². The molecule has 2 aliphatic carbocycles. The Kier molecular flexibility index (Phi) is 5.67. The summed E-state index contributed by atoms with van der Waals surface area (Å²) in [6.07, 6.45) is 0.959. The number of benzene rings is 4. The molecule has 0 amide bonds. The van der Waals surface area contributed by atoms with Crippen LogP contribution in [0.2, 0.25) is 0 Å². The Hall–Kier alpha value is -3.06. The third-order valence-corrected chi connectivity index (χ3v) is 8.74. The van der Waals surface area contributed by atoms with Crippen molar-refractivity contribution in [3.8, 4) is 22.3 Å².